The van der Waals surface area contributed by atoms with Crippen LogP contribution in [0.3, 0.4) is 0 Å². The highest BCUT2D eigenvalue weighted by Gasteiger charge is 2.17. The van der Waals surface area contributed by atoms with E-state index in [1.165, 1.54) is 24.6 Å². The third-order valence-electron chi connectivity index (χ3n) is 4.26. The Morgan fingerprint density at radius 2 is 1.97 bits per heavy atom. The van der Waals surface area contributed by atoms with Crippen LogP contribution in [0, 0.1) is 12.8 Å². The molecule has 0 aliphatic rings. The number of carbonyl (C=O) groups is 2. The van der Waals surface area contributed by atoms with Gasteiger partial charge in [0, 0.05) is 30.6 Å². The highest BCUT2D eigenvalue weighted by molar-refractivity contribution is 7.13. The van der Waals surface area contributed by atoms with E-state index in [-0.39, 0.29) is 11.8 Å². The molecule has 0 saturated heterocycles. The van der Waals surface area contributed by atoms with Crippen LogP contribution in [0.5, 0.6) is 5.75 Å². The van der Waals surface area contributed by atoms with Crippen molar-refractivity contribution in [3.8, 4) is 5.75 Å². The van der Waals surface area contributed by atoms with Gasteiger partial charge in [-0.05, 0) is 37.1 Å². The summed E-state index contributed by atoms with van der Waals surface area (Å²) in [6, 6.07) is 8.44. The number of nitrogens with one attached hydrogen (secondary N) is 2. The average Bonchev–Trinajstić information content (AvgIpc) is 3.09. The molecule has 0 aliphatic heterocycles. The topological polar surface area (TPSA) is 93.2 Å². The van der Waals surface area contributed by atoms with Crippen molar-refractivity contribution in [2.24, 2.45) is 5.92 Å². The largest absolute Gasteiger partial charge is 0.494 e. The van der Waals surface area contributed by atoms with E-state index in [9.17, 15) is 9.59 Å². The summed E-state index contributed by atoms with van der Waals surface area (Å²) in [6.07, 6.45) is 3.94. The van der Waals surface area contributed by atoms with Crippen molar-refractivity contribution >= 4 is 34.5 Å². The van der Waals surface area contributed by atoms with Crippen molar-refractivity contribution in [1.82, 2.24) is 9.97 Å². The number of methoxy groups -OCH3 is 1. The van der Waals surface area contributed by atoms with E-state index >= 15 is 0 Å². The molecule has 0 radical (unpaired) electrons. The summed E-state index contributed by atoms with van der Waals surface area (Å²) in [4.78, 5) is 34.1. The molecular formula is C22H24N4O3S. The first-order valence-electron chi connectivity index (χ1n) is 9.54. The molecule has 2 amide bonds. The molecule has 0 fully saturated rings. The van der Waals surface area contributed by atoms with E-state index in [4.69, 9.17) is 4.74 Å². The Morgan fingerprint density at radius 3 is 2.63 bits per heavy atom. The second kappa shape index (κ2) is 9.49. The number of aryl methyl sites for hydroxylation is 1. The predicted molar refractivity (Wildman–Crippen MR) is 119 cm³/mol. The maximum Gasteiger partial charge on any atom is 0.267 e. The number of carbonyl (C=O) groups excluding carboxylic acids is 2. The van der Waals surface area contributed by atoms with Crippen LogP contribution in [-0.4, -0.2) is 28.9 Å². The molecule has 2 N–H and O–H groups in total. The van der Waals surface area contributed by atoms with Gasteiger partial charge in [0.2, 0.25) is 0 Å². The number of hydrogen-bond acceptors (Lipinski definition) is 6. The molecule has 8 heteroatoms. The van der Waals surface area contributed by atoms with Crippen LogP contribution in [0.15, 0.2) is 42.7 Å². The van der Waals surface area contributed by atoms with Crippen LogP contribution in [0.2, 0.25) is 0 Å². The number of hydrogen-bond donors (Lipinski definition) is 2. The van der Waals surface area contributed by atoms with E-state index in [0.717, 1.165) is 17.1 Å². The van der Waals surface area contributed by atoms with Gasteiger partial charge in [-0.2, -0.15) is 0 Å². The zero-order chi connectivity index (χ0) is 21.7. The van der Waals surface area contributed by atoms with E-state index in [2.05, 4.69) is 34.4 Å². The van der Waals surface area contributed by atoms with E-state index in [0.29, 0.717) is 33.5 Å². The first-order chi connectivity index (χ1) is 14.4. The van der Waals surface area contributed by atoms with Gasteiger partial charge >= 0.3 is 0 Å². The lowest BCUT2D eigenvalue weighted by Crippen LogP contribution is -2.14. The van der Waals surface area contributed by atoms with E-state index in [1.807, 2.05) is 6.92 Å². The smallest absolute Gasteiger partial charge is 0.267 e. The van der Waals surface area contributed by atoms with Gasteiger partial charge in [0.1, 0.15) is 10.6 Å². The van der Waals surface area contributed by atoms with E-state index < -0.39 is 0 Å². The summed E-state index contributed by atoms with van der Waals surface area (Å²) in [5.41, 5.74) is 2.22. The number of thiazole rings is 1. The average molecular weight is 425 g/mol. The van der Waals surface area contributed by atoms with Gasteiger partial charge in [-0.25, -0.2) is 4.98 Å². The quantitative estimate of drug-likeness (QED) is 0.580. The van der Waals surface area contributed by atoms with Gasteiger partial charge in [-0.1, -0.05) is 13.8 Å². The number of amides is 2. The molecule has 0 spiro atoms. The zero-order valence-corrected chi connectivity index (χ0v) is 18.2. The number of ether oxygens (including phenoxy) is 1. The number of rotatable bonds is 7. The van der Waals surface area contributed by atoms with Crippen molar-refractivity contribution < 1.29 is 14.3 Å². The van der Waals surface area contributed by atoms with Gasteiger partial charge in [-0.3, -0.25) is 14.6 Å². The molecule has 0 saturated carbocycles. The Bertz CT molecular complexity index is 1050. The SMILES string of the molecule is COc1cc(NC(=O)c2sc(CC(C)C)nc2C)ccc1NC(=O)c1cccnc1. The Kier molecular flexibility index (Phi) is 6.79. The summed E-state index contributed by atoms with van der Waals surface area (Å²) < 4.78 is 5.39. The van der Waals surface area contributed by atoms with Crippen molar-refractivity contribution in [2.75, 3.05) is 17.7 Å². The minimum Gasteiger partial charge on any atom is -0.494 e. The standard InChI is InChI=1S/C22H24N4O3S/c1-13(2)10-19-24-14(3)20(30-19)22(28)25-16-7-8-17(18(11-16)29-4)26-21(27)15-6-5-9-23-12-15/h5-9,11-13H,10H2,1-4H3,(H,25,28)(H,26,27). The van der Waals surface area contributed by atoms with Crippen LogP contribution in [0.4, 0.5) is 11.4 Å². The fourth-order valence-electron chi connectivity index (χ4n) is 2.85. The van der Waals surface area contributed by atoms with E-state index in [1.54, 1.807) is 36.5 Å². The molecule has 7 nitrogen and oxygen atoms in total. The monoisotopic (exact) mass is 424 g/mol. The molecule has 2 heterocycles. The molecule has 0 aliphatic carbocycles. The van der Waals surface area contributed by atoms with Gasteiger partial charge in [0.25, 0.3) is 11.8 Å². The lowest BCUT2D eigenvalue weighted by molar-refractivity contribution is 0.101. The predicted octanol–water partition coefficient (Wildman–Crippen LogP) is 4.56. The molecule has 30 heavy (non-hydrogen) atoms. The van der Waals surface area contributed by atoms with Gasteiger partial charge in [-0.15, -0.1) is 11.3 Å². The van der Waals surface area contributed by atoms with Crippen LogP contribution >= 0.6 is 11.3 Å². The number of aromatic nitrogens is 2. The maximum absolute atomic E-state index is 12.7. The van der Waals surface area contributed by atoms with Crippen LogP contribution in [0.1, 0.15) is 44.6 Å². The third kappa shape index (κ3) is 5.21. The van der Waals surface area contributed by atoms with Crippen LogP contribution in [-0.2, 0) is 6.42 Å². The third-order valence-corrected chi connectivity index (χ3v) is 5.44. The molecule has 1 aromatic carbocycles. The Morgan fingerprint density at radius 1 is 1.17 bits per heavy atom. The van der Waals surface area contributed by atoms with Crippen LogP contribution in [0.25, 0.3) is 0 Å². The Balaban J connectivity index is 1.74. The lowest BCUT2D eigenvalue weighted by Gasteiger charge is -2.12. The Labute approximate surface area is 179 Å². The highest BCUT2D eigenvalue weighted by atomic mass is 32.1. The fourth-order valence-corrected chi connectivity index (χ4v) is 4.02. The molecule has 2 aromatic heterocycles. The summed E-state index contributed by atoms with van der Waals surface area (Å²) in [5, 5.41) is 6.63. The summed E-state index contributed by atoms with van der Waals surface area (Å²) in [7, 11) is 1.51. The molecule has 0 unspecified atom stereocenters. The number of anilines is 2. The summed E-state index contributed by atoms with van der Waals surface area (Å²) in [6.45, 7) is 6.09. The molecule has 0 bridgehead atoms. The molecular weight excluding hydrogens is 400 g/mol. The minimum atomic E-state index is -0.295. The Hall–Kier alpha value is -3.26. The summed E-state index contributed by atoms with van der Waals surface area (Å²) in [5.74, 6) is 0.405. The minimum absolute atomic E-state index is 0.214. The normalized spacial score (nSPS) is 10.7. The number of benzene rings is 1. The molecule has 156 valence electrons. The fraction of sp³-hybridized carbons (Fsp3) is 0.273. The van der Waals surface area contributed by atoms with Crippen LogP contribution < -0.4 is 15.4 Å². The second-order valence-electron chi connectivity index (χ2n) is 7.19. The highest BCUT2D eigenvalue weighted by Crippen LogP contribution is 2.29. The summed E-state index contributed by atoms with van der Waals surface area (Å²) >= 11 is 1.42. The van der Waals surface area contributed by atoms with Crippen molar-refractivity contribution in [1.29, 1.82) is 0 Å². The van der Waals surface area contributed by atoms with Crippen molar-refractivity contribution in [3.05, 3.63) is 63.9 Å². The van der Waals surface area contributed by atoms with Crippen molar-refractivity contribution in [2.45, 2.75) is 27.2 Å². The van der Waals surface area contributed by atoms with Gasteiger partial charge in [0.05, 0.1) is 29.1 Å². The van der Waals surface area contributed by atoms with Crippen molar-refractivity contribution in [3.63, 3.8) is 0 Å². The lowest BCUT2D eigenvalue weighted by atomic mass is 10.1. The number of nitrogens with zero attached hydrogens (tertiary/aromatic N) is 2. The molecule has 3 rings (SSSR count). The second-order valence-corrected chi connectivity index (χ2v) is 8.27. The first-order valence-corrected chi connectivity index (χ1v) is 10.4. The number of pyridine rings is 1. The maximum atomic E-state index is 12.7. The van der Waals surface area contributed by atoms with Gasteiger partial charge < -0.3 is 15.4 Å². The first kappa shape index (κ1) is 21.4. The van der Waals surface area contributed by atoms with Gasteiger partial charge in [0.15, 0.2) is 0 Å². The molecule has 3 aromatic rings. The zero-order valence-electron chi connectivity index (χ0n) is 17.4. The molecule has 0 atom stereocenters.